The molecule has 1 aromatic rings. The fraction of sp³-hybridized carbons (Fsp3) is 0.750. The van der Waals surface area contributed by atoms with Crippen molar-refractivity contribution in [3.8, 4) is 0 Å². The zero-order chi connectivity index (χ0) is 23.0. The molecule has 5 fully saturated rings. The van der Waals surface area contributed by atoms with E-state index in [-0.39, 0.29) is 22.6 Å². The maximum Gasteiger partial charge on any atom is 0.227 e. The Bertz CT molecular complexity index is 906. The molecular weight excluding hydrogens is 428 g/mol. The Morgan fingerprint density at radius 3 is 2.48 bits per heavy atom. The maximum absolute atomic E-state index is 14.0. The number of nitrogens with one attached hydrogen (secondary N) is 1. The largest absolute Gasteiger partial charge is 0.611 e. The fourth-order valence-electron chi connectivity index (χ4n) is 8.96. The average Bonchev–Trinajstić information content (AvgIpc) is 3.58. The summed E-state index contributed by atoms with van der Waals surface area (Å²) in [5.41, 5.74) is 0.313. The van der Waals surface area contributed by atoms with Crippen LogP contribution in [0.4, 0.5) is 0 Å². The summed E-state index contributed by atoms with van der Waals surface area (Å²) in [5, 5.41) is 3.92. The third-order valence-corrected chi connectivity index (χ3v) is 12.8. The quantitative estimate of drug-likeness (QED) is 0.649. The number of carbonyl (C=O) groups excluding carboxylic acids is 1. The highest BCUT2D eigenvalue weighted by molar-refractivity contribution is 7.92. The number of nitrogens with zero attached hydrogens (tertiary/aromatic N) is 1. The maximum atomic E-state index is 14.0. The van der Waals surface area contributed by atoms with Gasteiger partial charge in [0.05, 0.1) is 6.42 Å². The van der Waals surface area contributed by atoms with Crippen LogP contribution in [0.1, 0.15) is 71.6 Å². The van der Waals surface area contributed by atoms with Gasteiger partial charge in [-0.2, -0.15) is 0 Å². The Morgan fingerprint density at radius 2 is 1.76 bits per heavy atom. The van der Waals surface area contributed by atoms with Crippen molar-refractivity contribution in [1.82, 2.24) is 10.2 Å². The van der Waals surface area contributed by atoms with Gasteiger partial charge >= 0.3 is 0 Å². The average molecular weight is 469 g/mol. The Hall–Kier alpha value is -1.04. The van der Waals surface area contributed by atoms with E-state index in [0.29, 0.717) is 29.7 Å². The summed E-state index contributed by atoms with van der Waals surface area (Å²) in [4.78, 5) is 16.0. The topological polar surface area (TPSA) is 55.4 Å². The molecule has 33 heavy (non-hydrogen) atoms. The van der Waals surface area contributed by atoms with E-state index in [2.05, 4.69) is 19.2 Å². The highest BCUT2D eigenvalue weighted by atomic mass is 32.2. The minimum atomic E-state index is -1.16. The Labute approximate surface area is 202 Å². The Balaban J connectivity index is 1.34. The molecule has 4 aliphatic carbocycles. The lowest BCUT2D eigenvalue weighted by Crippen LogP contribution is -2.68. The van der Waals surface area contributed by atoms with E-state index < -0.39 is 11.2 Å². The number of carbonyl (C=O) groups is 1. The number of hydrogen-bond acceptors (Lipinski definition) is 3. The molecule has 5 aliphatic rings. The van der Waals surface area contributed by atoms with Crippen LogP contribution in [0.2, 0.25) is 0 Å². The van der Waals surface area contributed by atoms with Gasteiger partial charge in [0.2, 0.25) is 5.91 Å². The Kier molecular flexibility index (Phi) is 5.43. The summed E-state index contributed by atoms with van der Waals surface area (Å²) >= 11 is -1.16. The summed E-state index contributed by atoms with van der Waals surface area (Å²) in [6, 6.07) is 11.6. The van der Waals surface area contributed by atoms with Gasteiger partial charge in [0, 0.05) is 30.6 Å². The molecular formula is C28H40N2O2S. The smallest absolute Gasteiger partial charge is 0.227 e. The molecule has 1 aromatic carbocycles. The first-order valence-corrected chi connectivity index (χ1v) is 14.5. The van der Waals surface area contributed by atoms with Gasteiger partial charge in [-0.15, -0.1) is 0 Å². The first-order chi connectivity index (χ1) is 15.8. The number of amides is 1. The van der Waals surface area contributed by atoms with E-state index in [0.717, 1.165) is 23.3 Å². The zero-order valence-corrected chi connectivity index (χ0v) is 21.3. The summed E-state index contributed by atoms with van der Waals surface area (Å²) in [5.74, 6) is 2.20. The van der Waals surface area contributed by atoms with Gasteiger partial charge in [-0.3, -0.25) is 4.79 Å². The van der Waals surface area contributed by atoms with Gasteiger partial charge in [-0.05, 0) is 97.8 Å². The molecule has 5 heteroatoms. The van der Waals surface area contributed by atoms with Gasteiger partial charge in [0.25, 0.3) is 0 Å². The molecule has 1 amide bonds. The van der Waals surface area contributed by atoms with Crippen LogP contribution in [0.15, 0.2) is 35.2 Å². The molecule has 180 valence electrons. The van der Waals surface area contributed by atoms with Gasteiger partial charge in [0.1, 0.15) is 5.25 Å². The SMILES string of the molecule is CN1C(=O)CC([S+]([O-])c2ccccc2)[C@@]2(C)C1CC[C@@H]1[C@H]2CC[C@]2(C)C(NC3CC3)CC[C@@H]12. The van der Waals surface area contributed by atoms with Crippen molar-refractivity contribution in [3.63, 3.8) is 0 Å². The highest BCUT2D eigenvalue weighted by Crippen LogP contribution is 2.65. The van der Waals surface area contributed by atoms with E-state index in [1.165, 1.54) is 44.9 Å². The van der Waals surface area contributed by atoms with Crippen LogP contribution < -0.4 is 5.32 Å². The van der Waals surface area contributed by atoms with Crippen molar-refractivity contribution < 1.29 is 9.35 Å². The fourth-order valence-corrected chi connectivity index (χ4v) is 10.8. The number of benzene rings is 1. The normalized spacial score (nSPS) is 45.8. The second-order valence-electron chi connectivity index (χ2n) is 12.3. The first kappa shape index (κ1) is 22.4. The second kappa shape index (κ2) is 7.99. The summed E-state index contributed by atoms with van der Waals surface area (Å²) in [6.45, 7) is 4.99. The third-order valence-electron chi connectivity index (χ3n) is 10.9. The first-order valence-electron chi connectivity index (χ1n) is 13.3. The summed E-state index contributed by atoms with van der Waals surface area (Å²) < 4.78 is 14.0. The molecule has 0 bridgehead atoms. The van der Waals surface area contributed by atoms with Crippen LogP contribution in [0.5, 0.6) is 0 Å². The number of piperidine rings is 1. The molecule has 6 rings (SSSR count). The van der Waals surface area contributed by atoms with Crippen molar-refractivity contribution in [1.29, 1.82) is 0 Å². The molecule has 4 nitrogen and oxygen atoms in total. The van der Waals surface area contributed by atoms with Crippen LogP contribution >= 0.6 is 0 Å². The van der Waals surface area contributed by atoms with Crippen molar-refractivity contribution in [2.24, 2.45) is 28.6 Å². The van der Waals surface area contributed by atoms with E-state index in [4.69, 9.17) is 0 Å². The van der Waals surface area contributed by atoms with Gasteiger partial charge < -0.3 is 14.8 Å². The minimum absolute atomic E-state index is 0.0877. The van der Waals surface area contributed by atoms with Gasteiger partial charge in [-0.25, -0.2) is 0 Å². The lowest BCUT2D eigenvalue weighted by molar-refractivity contribution is -0.156. The number of likely N-dealkylation sites (tertiary alicyclic amines) is 1. The number of rotatable bonds is 4. The Morgan fingerprint density at radius 1 is 1.00 bits per heavy atom. The van der Waals surface area contributed by atoms with Gasteiger partial charge in [-0.1, -0.05) is 32.0 Å². The lowest BCUT2D eigenvalue weighted by atomic mass is 9.47. The number of hydrogen-bond donors (Lipinski definition) is 1. The molecule has 4 unspecified atom stereocenters. The van der Waals surface area contributed by atoms with E-state index in [1.54, 1.807) is 0 Å². The van der Waals surface area contributed by atoms with Crippen LogP contribution in [0, 0.1) is 28.6 Å². The molecule has 9 atom stereocenters. The molecule has 1 saturated heterocycles. The molecule has 1 aliphatic heterocycles. The van der Waals surface area contributed by atoms with Crippen LogP contribution in [0.3, 0.4) is 0 Å². The van der Waals surface area contributed by atoms with Crippen LogP contribution in [-0.2, 0) is 16.0 Å². The summed E-state index contributed by atoms with van der Waals surface area (Å²) in [7, 11) is 2.01. The number of fused-ring (bicyclic) bond motifs is 5. The predicted octanol–water partition coefficient (Wildman–Crippen LogP) is 4.76. The van der Waals surface area contributed by atoms with E-state index in [1.807, 2.05) is 42.3 Å². The molecule has 1 N–H and O–H groups in total. The van der Waals surface area contributed by atoms with Crippen molar-refractivity contribution in [2.45, 2.75) is 99.9 Å². The van der Waals surface area contributed by atoms with Gasteiger partial charge in [0.15, 0.2) is 4.90 Å². The molecule has 0 spiro atoms. The standard InChI is InChI=1S/C28H40N2O2S/c1-27-16-15-22-20(21(27)12-13-23(27)29-18-9-10-18)11-14-24-28(22,2)25(17-26(31)30(24)3)33(32)19-7-5-4-6-8-19/h4-8,18,20-25,29H,9-17H2,1-3H3/t20-,21-,22+,23?,24?,25?,27-,28+,33?/m0/s1. The zero-order valence-electron chi connectivity index (χ0n) is 20.5. The van der Waals surface area contributed by atoms with E-state index >= 15 is 0 Å². The van der Waals surface area contributed by atoms with Crippen molar-refractivity contribution >= 4 is 17.1 Å². The van der Waals surface area contributed by atoms with E-state index in [9.17, 15) is 9.35 Å². The minimum Gasteiger partial charge on any atom is -0.611 e. The molecule has 0 radical (unpaired) electrons. The molecule has 1 heterocycles. The lowest BCUT2D eigenvalue weighted by Gasteiger charge is -2.63. The molecule has 4 saturated carbocycles. The van der Waals surface area contributed by atoms with Crippen molar-refractivity contribution in [2.75, 3.05) is 7.05 Å². The predicted molar refractivity (Wildman–Crippen MR) is 132 cm³/mol. The monoisotopic (exact) mass is 468 g/mol. The highest BCUT2D eigenvalue weighted by Gasteiger charge is 2.66. The third kappa shape index (κ3) is 3.36. The van der Waals surface area contributed by atoms with Crippen LogP contribution in [-0.4, -0.2) is 45.8 Å². The molecule has 0 aromatic heterocycles. The summed E-state index contributed by atoms with van der Waals surface area (Å²) in [6.07, 6.45) is 10.6. The van der Waals surface area contributed by atoms with Crippen molar-refractivity contribution in [3.05, 3.63) is 30.3 Å². The van der Waals surface area contributed by atoms with Crippen LogP contribution in [0.25, 0.3) is 0 Å². The second-order valence-corrected chi connectivity index (χ2v) is 13.9.